The summed E-state index contributed by atoms with van der Waals surface area (Å²) in [7, 11) is 1.32. The fourth-order valence-electron chi connectivity index (χ4n) is 4.59. The molecule has 0 saturated heterocycles. The molecule has 0 radical (unpaired) electrons. The van der Waals surface area contributed by atoms with Gasteiger partial charge in [0.05, 0.1) is 7.11 Å². The Morgan fingerprint density at radius 3 is 2.12 bits per heavy atom. The first kappa shape index (κ1) is 25.1. The van der Waals surface area contributed by atoms with Crippen molar-refractivity contribution in [3.8, 4) is 28.3 Å². The molecule has 40 heavy (non-hydrogen) atoms. The second kappa shape index (κ2) is 11.3. The second-order valence-electron chi connectivity index (χ2n) is 9.18. The molecule has 0 amide bonds. The van der Waals surface area contributed by atoms with Crippen molar-refractivity contribution in [2.24, 2.45) is 4.99 Å². The third-order valence-corrected chi connectivity index (χ3v) is 6.55. The van der Waals surface area contributed by atoms with Gasteiger partial charge < -0.3 is 18.6 Å². The maximum Gasteiger partial charge on any atom is 0.343 e. The first-order valence-corrected chi connectivity index (χ1v) is 12.9. The number of aliphatic imine (C=N–C) groups is 1. The number of nitrogens with zero attached hydrogens (tertiary/aromatic N) is 2. The molecule has 0 bridgehead atoms. The van der Waals surface area contributed by atoms with Gasteiger partial charge >= 0.3 is 5.97 Å². The van der Waals surface area contributed by atoms with E-state index in [-0.39, 0.29) is 6.61 Å². The molecule has 6 rings (SSSR count). The average molecular weight is 531 g/mol. The number of benzene rings is 4. The monoisotopic (exact) mass is 530 g/mol. The lowest BCUT2D eigenvalue weighted by atomic mass is 10.0. The molecule has 0 fully saturated rings. The minimum atomic E-state index is -0.564. The average Bonchev–Trinajstić information content (AvgIpc) is 3.67. The summed E-state index contributed by atoms with van der Waals surface area (Å²) in [5, 5.41) is 0. The van der Waals surface area contributed by atoms with Crippen molar-refractivity contribution in [3.63, 3.8) is 0 Å². The Morgan fingerprint density at radius 1 is 0.800 bits per heavy atom. The lowest BCUT2D eigenvalue weighted by Gasteiger charge is -2.17. The van der Waals surface area contributed by atoms with Crippen LogP contribution in [0.4, 0.5) is 0 Å². The van der Waals surface area contributed by atoms with Crippen LogP contribution in [0.3, 0.4) is 0 Å². The van der Waals surface area contributed by atoms with Gasteiger partial charge in [-0.1, -0.05) is 91.0 Å². The number of ether oxygens (including phenoxy) is 3. The number of carbonyl (C=O) groups is 1. The Labute approximate surface area is 231 Å². The Balaban J connectivity index is 1.43. The third-order valence-electron chi connectivity index (χ3n) is 6.55. The van der Waals surface area contributed by atoms with Crippen LogP contribution in [0, 0.1) is 0 Å². The van der Waals surface area contributed by atoms with E-state index >= 15 is 0 Å². The summed E-state index contributed by atoms with van der Waals surface area (Å²) in [5.74, 6) is 1.66. The summed E-state index contributed by atoms with van der Waals surface area (Å²) in [6.45, 7) is -0.193. The molecule has 1 aromatic heterocycles. The number of oxazole rings is 1. The topological polar surface area (TPSA) is 83.2 Å². The van der Waals surface area contributed by atoms with Gasteiger partial charge in [0.25, 0.3) is 0 Å². The normalized spacial score (nSPS) is 16.2. The zero-order valence-electron chi connectivity index (χ0n) is 21.8. The standard InChI is InChI=1S/C33H26N2O5/c1-37-27(36)21-38-26-19-11-18-25(20-26)31-29(35-32(39-31)24-16-9-4-10-17-24)33-34-28(22-12-5-2-6-13-22)30(40-33)23-14-7-3-8-15-23/h2-20,29,31H,21H2,1H3. The highest BCUT2D eigenvalue weighted by Crippen LogP contribution is 2.44. The molecule has 198 valence electrons. The molecule has 1 aliphatic heterocycles. The number of aromatic nitrogens is 1. The maximum absolute atomic E-state index is 11.6. The van der Waals surface area contributed by atoms with Gasteiger partial charge in [-0.25, -0.2) is 14.8 Å². The van der Waals surface area contributed by atoms with Gasteiger partial charge in [0.2, 0.25) is 11.8 Å². The van der Waals surface area contributed by atoms with E-state index in [1.54, 1.807) is 6.07 Å². The second-order valence-corrected chi connectivity index (χ2v) is 9.18. The lowest BCUT2D eigenvalue weighted by Crippen LogP contribution is -2.13. The number of hydrogen-bond donors (Lipinski definition) is 0. The molecule has 0 spiro atoms. The van der Waals surface area contributed by atoms with Crippen molar-refractivity contribution in [1.82, 2.24) is 4.98 Å². The molecule has 7 heteroatoms. The van der Waals surface area contributed by atoms with E-state index in [0.29, 0.717) is 23.3 Å². The van der Waals surface area contributed by atoms with Crippen molar-refractivity contribution in [1.29, 1.82) is 0 Å². The van der Waals surface area contributed by atoms with Crippen LogP contribution < -0.4 is 4.74 Å². The van der Waals surface area contributed by atoms with Gasteiger partial charge in [0.15, 0.2) is 24.5 Å². The van der Waals surface area contributed by atoms with Crippen LogP contribution in [0.15, 0.2) is 125 Å². The zero-order valence-corrected chi connectivity index (χ0v) is 21.8. The lowest BCUT2D eigenvalue weighted by molar-refractivity contribution is -0.142. The van der Waals surface area contributed by atoms with Gasteiger partial charge in [-0.05, 0) is 29.8 Å². The molecule has 2 atom stereocenters. The maximum atomic E-state index is 11.6. The Bertz CT molecular complexity index is 1570. The van der Waals surface area contributed by atoms with Crippen molar-refractivity contribution in [2.45, 2.75) is 12.1 Å². The smallest absolute Gasteiger partial charge is 0.343 e. The Kier molecular flexibility index (Phi) is 7.09. The summed E-state index contributed by atoms with van der Waals surface area (Å²) in [5.41, 5.74) is 4.26. The molecule has 7 nitrogen and oxygen atoms in total. The molecular formula is C33H26N2O5. The zero-order chi connectivity index (χ0) is 27.3. The van der Waals surface area contributed by atoms with Gasteiger partial charge in [-0.3, -0.25) is 0 Å². The Morgan fingerprint density at radius 2 is 1.45 bits per heavy atom. The van der Waals surface area contributed by atoms with Crippen LogP contribution in [0.5, 0.6) is 5.75 Å². The predicted octanol–water partition coefficient (Wildman–Crippen LogP) is 6.82. The van der Waals surface area contributed by atoms with E-state index in [4.69, 9.17) is 28.6 Å². The highest BCUT2D eigenvalue weighted by molar-refractivity contribution is 5.95. The first-order valence-electron chi connectivity index (χ1n) is 12.9. The highest BCUT2D eigenvalue weighted by atomic mass is 16.6. The van der Waals surface area contributed by atoms with Crippen LogP contribution in [-0.4, -0.2) is 30.6 Å². The van der Waals surface area contributed by atoms with Crippen LogP contribution in [0.1, 0.15) is 29.2 Å². The van der Waals surface area contributed by atoms with E-state index < -0.39 is 18.1 Å². The molecule has 4 aromatic carbocycles. The van der Waals surface area contributed by atoms with Gasteiger partial charge in [0.1, 0.15) is 11.4 Å². The van der Waals surface area contributed by atoms with Crippen molar-refractivity contribution >= 4 is 11.9 Å². The van der Waals surface area contributed by atoms with Gasteiger partial charge in [0, 0.05) is 16.7 Å². The molecule has 2 unspecified atom stereocenters. The molecule has 2 heterocycles. The fourth-order valence-corrected chi connectivity index (χ4v) is 4.59. The van der Waals surface area contributed by atoms with E-state index in [1.807, 2.05) is 109 Å². The third kappa shape index (κ3) is 5.22. The fraction of sp³-hybridized carbons (Fsp3) is 0.121. The Hall–Kier alpha value is -5.17. The van der Waals surface area contributed by atoms with Crippen molar-refractivity contribution in [2.75, 3.05) is 13.7 Å². The number of carbonyl (C=O) groups excluding carboxylic acids is 1. The molecule has 0 aliphatic carbocycles. The summed E-state index contributed by atoms with van der Waals surface area (Å²) in [6, 6.07) is 36.4. The van der Waals surface area contributed by atoms with Crippen molar-refractivity contribution < 1.29 is 23.4 Å². The minimum Gasteiger partial charge on any atom is -0.482 e. The summed E-state index contributed by atoms with van der Waals surface area (Å²) in [4.78, 5) is 21.6. The minimum absolute atomic E-state index is 0.193. The number of methoxy groups -OCH3 is 1. The predicted molar refractivity (Wildman–Crippen MR) is 151 cm³/mol. The van der Waals surface area contributed by atoms with Gasteiger partial charge in [-0.15, -0.1) is 0 Å². The van der Waals surface area contributed by atoms with E-state index in [0.717, 1.165) is 27.9 Å². The quantitative estimate of drug-likeness (QED) is 0.205. The number of rotatable bonds is 8. The summed E-state index contributed by atoms with van der Waals surface area (Å²) in [6.07, 6.45) is -0.539. The molecule has 0 saturated carbocycles. The molecular weight excluding hydrogens is 504 g/mol. The molecule has 5 aromatic rings. The molecule has 0 N–H and O–H groups in total. The number of esters is 1. The van der Waals surface area contributed by atoms with Crippen LogP contribution in [0.2, 0.25) is 0 Å². The first-order chi connectivity index (χ1) is 19.7. The number of hydrogen-bond acceptors (Lipinski definition) is 7. The highest BCUT2D eigenvalue weighted by Gasteiger charge is 2.38. The SMILES string of the molecule is COC(=O)COc1cccc(C2OC(c3ccccc3)=NC2c2nc(-c3ccccc3)c(-c3ccccc3)o2)c1. The summed E-state index contributed by atoms with van der Waals surface area (Å²) < 4.78 is 23.3. The van der Waals surface area contributed by atoms with E-state index in [2.05, 4.69) is 0 Å². The molecule has 1 aliphatic rings. The largest absolute Gasteiger partial charge is 0.482 e. The van der Waals surface area contributed by atoms with E-state index in [1.165, 1.54) is 7.11 Å². The van der Waals surface area contributed by atoms with Crippen molar-refractivity contribution in [3.05, 3.63) is 132 Å². The van der Waals surface area contributed by atoms with Crippen LogP contribution in [-0.2, 0) is 14.3 Å². The van der Waals surface area contributed by atoms with E-state index in [9.17, 15) is 4.79 Å². The van der Waals surface area contributed by atoms with Crippen LogP contribution >= 0.6 is 0 Å². The van der Waals surface area contributed by atoms with Crippen LogP contribution in [0.25, 0.3) is 22.6 Å². The summed E-state index contributed by atoms with van der Waals surface area (Å²) >= 11 is 0. The van der Waals surface area contributed by atoms with Gasteiger partial charge in [-0.2, -0.15) is 0 Å².